The molecule has 5 heteroatoms. The Morgan fingerprint density at radius 2 is 1.79 bits per heavy atom. The molecule has 4 bridgehead atoms. The highest BCUT2D eigenvalue weighted by molar-refractivity contribution is 5.88. The van der Waals surface area contributed by atoms with E-state index in [1.807, 2.05) is 31.2 Å². The second-order valence-corrected chi connectivity index (χ2v) is 9.36. The fourth-order valence-electron chi connectivity index (χ4n) is 6.00. The largest absolute Gasteiger partial charge is 0.492 e. The number of carbonyl (C=O) groups is 2. The number of nitrogens with one attached hydrogen (secondary N) is 1. The third-order valence-corrected chi connectivity index (χ3v) is 7.03. The quantitative estimate of drug-likeness (QED) is 0.786. The van der Waals surface area contributed by atoms with Gasteiger partial charge in [-0.15, -0.1) is 0 Å². The predicted octanol–water partition coefficient (Wildman–Crippen LogP) is 3.16. The maximum Gasteiger partial charge on any atom is 0.241 e. The summed E-state index contributed by atoms with van der Waals surface area (Å²) >= 11 is 0. The molecule has 4 saturated carbocycles. The number of aryl methyl sites for hydroxylation is 1. The molecular weight excluding hydrogens is 352 g/mol. The lowest BCUT2D eigenvalue weighted by atomic mass is 9.49. The number of ether oxygens (including phenoxy) is 1. The molecule has 0 saturated heterocycles. The van der Waals surface area contributed by atoms with Crippen molar-refractivity contribution in [1.82, 2.24) is 10.2 Å². The maximum atomic E-state index is 12.9. The van der Waals surface area contributed by atoms with E-state index >= 15 is 0 Å². The number of amides is 2. The van der Waals surface area contributed by atoms with Gasteiger partial charge in [-0.05, 0) is 80.9 Å². The Morgan fingerprint density at radius 3 is 2.39 bits per heavy atom. The molecule has 0 atom stereocenters. The van der Waals surface area contributed by atoms with Crippen molar-refractivity contribution in [3.8, 4) is 5.75 Å². The van der Waals surface area contributed by atoms with Gasteiger partial charge in [0.1, 0.15) is 12.4 Å². The molecule has 1 N–H and O–H groups in total. The summed E-state index contributed by atoms with van der Waals surface area (Å²) in [6, 6.07) is 7.88. The lowest BCUT2D eigenvalue weighted by Gasteiger charge is -2.55. The number of hydrogen-bond acceptors (Lipinski definition) is 3. The molecule has 4 aliphatic carbocycles. The highest BCUT2D eigenvalue weighted by Gasteiger charge is 2.54. The van der Waals surface area contributed by atoms with Gasteiger partial charge in [0.15, 0.2) is 0 Å². The second-order valence-electron chi connectivity index (χ2n) is 9.36. The molecular formula is C23H32N2O3. The minimum atomic E-state index is -0.193. The molecule has 1 aromatic rings. The van der Waals surface area contributed by atoms with Gasteiger partial charge in [-0.25, -0.2) is 0 Å². The van der Waals surface area contributed by atoms with Gasteiger partial charge in [0.05, 0.1) is 13.1 Å². The molecule has 0 aliphatic heterocycles. The molecule has 0 radical (unpaired) electrons. The zero-order valence-corrected chi connectivity index (χ0v) is 17.1. The second kappa shape index (κ2) is 7.76. The van der Waals surface area contributed by atoms with Gasteiger partial charge in [0, 0.05) is 12.5 Å². The Balaban J connectivity index is 1.22. The molecule has 5 rings (SSSR count). The standard InChI is InChI=1S/C23H32N2O3/c1-16-4-3-5-20(8-16)28-7-6-25(2)21(26)15-24-22(27)23-12-17-9-18(13-23)11-19(10-17)14-23/h3-5,8,17-19H,6-7,9-15H2,1-2H3,(H,24,27). The minimum absolute atomic E-state index is 0.0640. The summed E-state index contributed by atoms with van der Waals surface area (Å²) in [5.74, 6) is 3.06. The van der Waals surface area contributed by atoms with Crippen LogP contribution >= 0.6 is 0 Å². The van der Waals surface area contributed by atoms with Crippen molar-refractivity contribution >= 4 is 11.8 Å². The zero-order chi connectivity index (χ0) is 19.7. The highest BCUT2D eigenvalue weighted by Crippen LogP contribution is 2.60. The molecule has 28 heavy (non-hydrogen) atoms. The number of nitrogens with zero attached hydrogens (tertiary/aromatic N) is 1. The van der Waals surface area contributed by atoms with Gasteiger partial charge >= 0.3 is 0 Å². The molecule has 0 aromatic heterocycles. The van der Waals surface area contributed by atoms with Crippen molar-refractivity contribution in [3.63, 3.8) is 0 Å². The number of hydrogen-bond donors (Lipinski definition) is 1. The maximum absolute atomic E-state index is 12.9. The average Bonchev–Trinajstić information content (AvgIpc) is 2.64. The van der Waals surface area contributed by atoms with E-state index in [0.717, 1.165) is 48.3 Å². The Bertz CT molecular complexity index is 710. The molecule has 0 heterocycles. The first-order valence-corrected chi connectivity index (χ1v) is 10.7. The van der Waals surface area contributed by atoms with Gasteiger partial charge in [0.25, 0.3) is 0 Å². The van der Waals surface area contributed by atoms with E-state index in [1.54, 1.807) is 11.9 Å². The third-order valence-electron chi connectivity index (χ3n) is 7.03. The lowest BCUT2D eigenvalue weighted by Crippen LogP contribution is -2.54. The monoisotopic (exact) mass is 384 g/mol. The topological polar surface area (TPSA) is 58.6 Å². The molecule has 5 nitrogen and oxygen atoms in total. The van der Waals surface area contributed by atoms with E-state index in [0.29, 0.717) is 13.2 Å². The van der Waals surface area contributed by atoms with Crippen LogP contribution in [0.3, 0.4) is 0 Å². The van der Waals surface area contributed by atoms with Crippen LogP contribution < -0.4 is 10.1 Å². The van der Waals surface area contributed by atoms with Crippen LogP contribution in [0.1, 0.15) is 44.1 Å². The fourth-order valence-corrected chi connectivity index (χ4v) is 6.00. The van der Waals surface area contributed by atoms with Crippen molar-refractivity contribution in [2.24, 2.45) is 23.2 Å². The van der Waals surface area contributed by atoms with Crippen molar-refractivity contribution < 1.29 is 14.3 Å². The third kappa shape index (κ3) is 4.03. The number of carbonyl (C=O) groups excluding carboxylic acids is 2. The summed E-state index contributed by atoms with van der Waals surface area (Å²) < 4.78 is 5.72. The Hall–Kier alpha value is -2.04. The first-order valence-electron chi connectivity index (χ1n) is 10.7. The molecule has 2 amide bonds. The highest BCUT2D eigenvalue weighted by atomic mass is 16.5. The van der Waals surface area contributed by atoms with E-state index in [9.17, 15) is 9.59 Å². The van der Waals surface area contributed by atoms with E-state index in [2.05, 4.69) is 5.32 Å². The van der Waals surface area contributed by atoms with Gasteiger partial charge < -0.3 is 15.0 Å². The summed E-state index contributed by atoms with van der Waals surface area (Å²) in [5.41, 5.74) is 0.955. The molecule has 4 fully saturated rings. The normalized spacial score (nSPS) is 30.1. The summed E-state index contributed by atoms with van der Waals surface area (Å²) in [7, 11) is 1.76. The van der Waals surface area contributed by atoms with Crippen LogP contribution in [0.2, 0.25) is 0 Å². The summed E-state index contributed by atoms with van der Waals surface area (Å²) in [6.07, 6.45) is 7.02. The minimum Gasteiger partial charge on any atom is -0.492 e. The Kier molecular flexibility index (Phi) is 5.35. The van der Waals surface area contributed by atoms with Crippen LogP contribution in [-0.2, 0) is 9.59 Å². The Labute approximate surface area is 167 Å². The van der Waals surface area contributed by atoms with Crippen LogP contribution in [0.25, 0.3) is 0 Å². The van der Waals surface area contributed by atoms with E-state index in [-0.39, 0.29) is 23.8 Å². The predicted molar refractivity (Wildman–Crippen MR) is 108 cm³/mol. The van der Waals surface area contributed by atoms with Gasteiger partial charge in [0.2, 0.25) is 11.8 Å². The van der Waals surface area contributed by atoms with E-state index < -0.39 is 0 Å². The van der Waals surface area contributed by atoms with Crippen LogP contribution in [-0.4, -0.2) is 43.5 Å². The first kappa shape index (κ1) is 19.3. The Morgan fingerprint density at radius 1 is 1.14 bits per heavy atom. The van der Waals surface area contributed by atoms with Crippen LogP contribution in [0.4, 0.5) is 0 Å². The van der Waals surface area contributed by atoms with Gasteiger partial charge in [-0.2, -0.15) is 0 Å². The SMILES string of the molecule is Cc1cccc(OCCN(C)C(=O)CNC(=O)C23CC4CC(CC(C4)C2)C3)c1. The van der Waals surface area contributed by atoms with E-state index in [1.165, 1.54) is 19.3 Å². The molecule has 0 unspecified atom stereocenters. The zero-order valence-electron chi connectivity index (χ0n) is 17.1. The van der Waals surface area contributed by atoms with Crippen molar-refractivity contribution in [2.45, 2.75) is 45.4 Å². The average molecular weight is 385 g/mol. The van der Waals surface area contributed by atoms with Crippen LogP contribution in [0, 0.1) is 30.1 Å². The molecule has 1 aromatic carbocycles. The number of likely N-dealkylation sites (N-methyl/N-ethyl adjacent to an activating group) is 1. The van der Waals surface area contributed by atoms with Crippen LogP contribution in [0.5, 0.6) is 5.75 Å². The number of rotatable bonds is 7. The van der Waals surface area contributed by atoms with Crippen LogP contribution in [0.15, 0.2) is 24.3 Å². The first-order chi connectivity index (χ1) is 13.4. The summed E-state index contributed by atoms with van der Waals surface area (Å²) in [4.78, 5) is 27.0. The lowest BCUT2D eigenvalue weighted by molar-refractivity contribution is -0.147. The van der Waals surface area contributed by atoms with Gasteiger partial charge in [-0.1, -0.05) is 12.1 Å². The van der Waals surface area contributed by atoms with Crippen molar-refractivity contribution in [1.29, 1.82) is 0 Å². The summed E-state index contributed by atoms with van der Waals surface area (Å²) in [5, 5.41) is 2.96. The molecule has 152 valence electrons. The number of benzene rings is 1. The van der Waals surface area contributed by atoms with E-state index in [4.69, 9.17) is 4.74 Å². The van der Waals surface area contributed by atoms with Crippen molar-refractivity contribution in [3.05, 3.63) is 29.8 Å². The summed E-state index contributed by atoms with van der Waals surface area (Å²) in [6.45, 7) is 3.05. The smallest absolute Gasteiger partial charge is 0.241 e. The molecule has 4 aliphatic rings. The van der Waals surface area contributed by atoms with Crippen molar-refractivity contribution in [2.75, 3.05) is 26.7 Å². The fraction of sp³-hybridized carbons (Fsp3) is 0.652. The van der Waals surface area contributed by atoms with Gasteiger partial charge in [-0.3, -0.25) is 9.59 Å². The molecule has 0 spiro atoms.